The molecule has 6 heteroatoms. The SMILES string of the molecule is O=S(=O)(CC1CC1)Nc1ccnc(Cl)c1. The van der Waals surface area contributed by atoms with Crippen molar-refractivity contribution < 1.29 is 8.42 Å². The molecule has 15 heavy (non-hydrogen) atoms. The Labute approximate surface area is 93.7 Å². The Balaban J connectivity index is 2.06. The summed E-state index contributed by atoms with van der Waals surface area (Å²) >= 11 is 5.65. The lowest BCUT2D eigenvalue weighted by Gasteiger charge is -2.06. The first-order valence-electron chi connectivity index (χ1n) is 4.67. The fourth-order valence-corrected chi connectivity index (χ4v) is 2.98. The second-order valence-electron chi connectivity index (χ2n) is 3.69. The van der Waals surface area contributed by atoms with Crippen molar-refractivity contribution in [1.29, 1.82) is 0 Å². The first-order chi connectivity index (χ1) is 7.05. The number of nitrogens with one attached hydrogen (secondary N) is 1. The van der Waals surface area contributed by atoms with Crippen molar-refractivity contribution in [2.24, 2.45) is 5.92 Å². The molecule has 1 fully saturated rings. The van der Waals surface area contributed by atoms with Gasteiger partial charge in [-0.1, -0.05) is 11.6 Å². The molecule has 0 saturated heterocycles. The van der Waals surface area contributed by atoms with Gasteiger partial charge in [0.2, 0.25) is 10.0 Å². The second kappa shape index (κ2) is 3.98. The maximum absolute atomic E-state index is 11.6. The number of pyridine rings is 1. The van der Waals surface area contributed by atoms with Gasteiger partial charge in [-0.15, -0.1) is 0 Å². The number of hydrogen-bond donors (Lipinski definition) is 1. The zero-order valence-corrected chi connectivity index (χ0v) is 9.55. The van der Waals surface area contributed by atoms with Crippen LogP contribution in [0.25, 0.3) is 0 Å². The third kappa shape index (κ3) is 3.35. The average molecular weight is 247 g/mol. The predicted molar refractivity (Wildman–Crippen MR) is 59.4 cm³/mol. The number of anilines is 1. The van der Waals surface area contributed by atoms with Crippen molar-refractivity contribution in [2.75, 3.05) is 10.5 Å². The van der Waals surface area contributed by atoms with Crippen LogP contribution in [-0.2, 0) is 10.0 Å². The molecule has 1 heterocycles. The summed E-state index contributed by atoms with van der Waals surface area (Å²) in [5.41, 5.74) is 0.468. The Hall–Kier alpha value is -0.810. The van der Waals surface area contributed by atoms with Crippen LogP contribution in [0.15, 0.2) is 18.3 Å². The third-order valence-corrected chi connectivity index (χ3v) is 3.82. The molecule has 1 N–H and O–H groups in total. The number of sulfonamides is 1. The minimum Gasteiger partial charge on any atom is -0.283 e. The van der Waals surface area contributed by atoms with E-state index in [-0.39, 0.29) is 10.9 Å². The van der Waals surface area contributed by atoms with Gasteiger partial charge in [0.15, 0.2) is 0 Å². The van der Waals surface area contributed by atoms with Gasteiger partial charge in [0.25, 0.3) is 0 Å². The van der Waals surface area contributed by atoms with E-state index in [2.05, 4.69) is 9.71 Å². The minimum absolute atomic E-state index is 0.201. The van der Waals surface area contributed by atoms with Crippen LogP contribution in [0.3, 0.4) is 0 Å². The maximum atomic E-state index is 11.6. The number of aromatic nitrogens is 1. The first-order valence-corrected chi connectivity index (χ1v) is 6.70. The molecule has 0 unspecified atom stereocenters. The first kappa shape index (κ1) is 10.7. The lowest BCUT2D eigenvalue weighted by atomic mass is 10.4. The molecule has 1 aliphatic rings. The van der Waals surface area contributed by atoms with Gasteiger partial charge in [-0.05, 0) is 30.9 Å². The molecule has 1 saturated carbocycles. The van der Waals surface area contributed by atoms with Gasteiger partial charge in [0, 0.05) is 6.20 Å². The van der Waals surface area contributed by atoms with Crippen molar-refractivity contribution in [3.63, 3.8) is 0 Å². The molecule has 0 aromatic carbocycles. The summed E-state index contributed by atoms with van der Waals surface area (Å²) in [6.45, 7) is 0. The molecule has 0 spiro atoms. The molecule has 0 radical (unpaired) electrons. The monoisotopic (exact) mass is 246 g/mol. The van der Waals surface area contributed by atoms with Gasteiger partial charge in [0.05, 0.1) is 11.4 Å². The van der Waals surface area contributed by atoms with Gasteiger partial charge in [-0.25, -0.2) is 13.4 Å². The zero-order chi connectivity index (χ0) is 10.9. The van der Waals surface area contributed by atoms with Crippen molar-refractivity contribution in [1.82, 2.24) is 4.98 Å². The van der Waals surface area contributed by atoms with Gasteiger partial charge < -0.3 is 0 Å². The topological polar surface area (TPSA) is 59.1 Å². The molecule has 82 valence electrons. The highest BCUT2D eigenvalue weighted by molar-refractivity contribution is 7.92. The summed E-state index contributed by atoms with van der Waals surface area (Å²) in [4.78, 5) is 3.77. The Kier molecular flexibility index (Phi) is 2.84. The normalized spacial score (nSPS) is 16.3. The van der Waals surface area contributed by atoms with Crippen molar-refractivity contribution >= 4 is 27.3 Å². The molecule has 1 aliphatic carbocycles. The van der Waals surface area contributed by atoms with Crippen LogP contribution < -0.4 is 4.72 Å². The maximum Gasteiger partial charge on any atom is 0.232 e. The van der Waals surface area contributed by atoms with Crippen molar-refractivity contribution in [3.05, 3.63) is 23.5 Å². The summed E-state index contributed by atoms with van der Waals surface area (Å²) in [7, 11) is -3.22. The van der Waals surface area contributed by atoms with Gasteiger partial charge in [0.1, 0.15) is 5.15 Å². The van der Waals surface area contributed by atoms with Gasteiger partial charge >= 0.3 is 0 Å². The van der Waals surface area contributed by atoms with E-state index >= 15 is 0 Å². The van der Waals surface area contributed by atoms with E-state index in [9.17, 15) is 8.42 Å². The summed E-state index contributed by atoms with van der Waals surface area (Å²) in [6.07, 6.45) is 3.49. The molecule has 2 rings (SSSR count). The van der Waals surface area contributed by atoms with Crippen LogP contribution in [0.4, 0.5) is 5.69 Å². The highest BCUT2D eigenvalue weighted by Crippen LogP contribution is 2.30. The summed E-state index contributed by atoms with van der Waals surface area (Å²) in [5.74, 6) is 0.534. The highest BCUT2D eigenvalue weighted by Gasteiger charge is 2.27. The molecule has 0 aliphatic heterocycles. The Morgan fingerprint density at radius 2 is 2.27 bits per heavy atom. The average Bonchev–Trinajstić information content (AvgIpc) is 2.86. The fraction of sp³-hybridized carbons (Fsp3) is 0.444. The van der Waals surface area contributed by atoms with E-state index in [1.807, 2.05) is 0 Å². The zero-order valence-electron chi connectivity index (χ0n) is 7.98. The molecule has 0 bridgehead atoms. The fourth-order valence-electron chi connectivity index (χ4n) is 1.28. The Morgan fingerprint density at radius 1 is 1.53 bits per heavy atom. The molecule has 4 nitrogen and oxygen atoms in total. The van der Waals surface area contributed by atoms with E-state index in [1.54, 1.807) is 6.07 Å². The molecule has 1 aromatic heterocycles. The third-order valence-electron chi connectivity index (χ3n) is 2.15. The number of nitrogens with zero attached hydrogens (tertiary/aromatic N) is 1. The Bertz CT molecular complexity index is 457. The summed E-state index contributed by atoms with van der Waals surface area (Å²) in [5, 5.41) is 0.279. The van der Waals surface area contributed by atoms with Crippen molar-refractivity contribution in [3.8, 4) is 0 Å². The molecular formula is C9H11ClN2O2S. The van der Waals surface area contributed by atoms with Crippen molar-refractivity contribution in [2.45, 2.75) is 12.8 Å². The minimum atomic E-state index is -3.22. The Morgan fingerprint density at radius 3 is 2.87 bits per heavy atom. The molecular weight excluding hydrogens is 236 g/mol. The van der Waals surface area contributed by atoms with E-state index in [1.165, 1.54) is 12.3 Å². The number of rotatable bonds is 4. The van der Waals surface area contributed by atoms with E-state index < -0.39 is 10.0 Å². The van der Waals surface area contributed by atoms with E-state index in [4.69, 9.17) is 11.6 Å². The quantitative estimate of drug-likeness (QED) is 0.826. The number of hydrogen-bond acceptors (Lipinski definition) is 3. The lowest BCUT2D eigenvalue weighted by Crippen LogP contribution is -2.17. The van der Waals surface area contributed by atoms with Crippen LogP contribution in [0.1, 0.15) is 12.8 Å². The van der Waals surface area contributed by atoms with Crippen LogP contribution in [-0.4, -0.2) is 19.2 Å². The molecule has 0 atom stereocenters. The smallest absolute Gasteiger partial charge is 0.232 e. The van der Waals surface area contributed by atoms with Crippen LogP contribution in [0, 0.1) is 5.92 Å². The predicted octanol–water partition coefficient (Wildman–Crippen LogP) is 1.89. The second-order valence-corrected chi connectivity index (χ2v) is 5.85. The van der Waals surface area contributed by atoms with Crippen LogP contribution >= 0.6 is 11.6 Å². The highest BCUT2D eigenvalue weighted by atomic mass is 35.5. The molecule has 1 aromatic rings. The molecule has 0 amide bonds. The lowest BCUT2D eigenvalue weighted by molar-refractivity contribution is 0.597. The van der Waals surface area contributed by atoms with Crippen LogP contribution in [0.2, 0.25) is 5.15 Å². The van der Waals surface area contributed by atoms with Crippen LogP contribution in [0.5, 0.6) is 0 Å². The summed E-state index contributed by atoms with van der Waals surface area (Å²) in [6, 6.07) is 3.07. The van der Waals surface area contributed by atoms with Gasteiger partial charge in [-0.3, -0.25) is 4.72 Å². The standard InChI is InChI=1S/C9H11ClN2O2S/c10-9-5-8(3-4-11-9)12-15(13,14)6-7-1-2-7/h3-5,7H,1-2,6H2,(H,11,12). The van der Waals surface area contributed by atoms with E-state index in [0.717, 1.165) is 12.8 Å². The van der Waals surface area contributed by atoms with E-state index in [0.29, 0.717) is 11.6 Å². The summed E-state index contributed by atoms with van der Waals surface area (Å²) < 4.78 is 25.7. The largest absolute Gasteiger partial charge is 0.283 e. The number of halogens is 1. The van der Waals surface area contributed by atoms with Gasteiger partial charge in [-0.2, -0.15) is 0 Å².